The maximum atomic E-state index is 5.24. The monoisotopic (exact) mass is 295 g/mol. The Morgan fingerprint density at radius 1 is 1.23 bits per heavy atom. The van der Waals surface area contributed by atoms with Crippen LogP contribution in [0, 0.1) is 5.92 Å². The van der Waals surface area contributed by atoms with Crippen LogP contribution in [0.4, 0.5) is 5.82 Å². The SMILES string of the molecule is COc1ccc(C(Nc2ncnc3[nH]ncc23)C2CC2)cc1. The van der Waals surface area contributed by atoms with Gasteiger partial charge >= 0.3 is 0 Å². The average molecular weight is 295 g/mol. The second-order valence-electron chi connectivity index (χ2n) is 5.59. The summed E-state index contributed by atoms with van der Waals surface area (Å²) in [4.78, 5) is 8.56. The molecule has 1 unspecified atom stereocenters. The van der Waals surface area contributed by atoms with Crippen molar-refractivity contribution in [3.05, 3.63) is 42.4 Å². The average Bonchev–Trinajstić information content (AvgIpc) is 3.29. The largest absolute Gasteiger partial charge is 0.497 e. The number of nitrogens with one attached hydrogen (secondary N) is 2. The lowest BCUT2D eigenvalue weighted by Crippen LogP contribution is -2.14. The van der Waals surface area contributed by atoms with Crippen molar-refractivity contribution in [2.24, 2.45) is 5.92 Å². The molecule has 2 heterocycles. The van der Waals surface area contributed by atoms with E-state index >= 15 is 0 Å². The number of hydrogen-bond donors (Lipinski definition) is 2. The molecule has 1 aliphatic rings. The molecule has 112 valence electrons. The molecule has 6 nitrogen and oxygen atoms in total. The minimum absolute atomic E-state index is 0.249. The molecule has 0 aliphatic heterocycles. The zero-order valence-corrected chi connectivity index (χ0v) is 12.3. The van der Waals surface area contributed by atoms with E-state index in [1.165, 1.54) is 18.4 Å². The van der Waals surface area contributed by atoms with Gasteiger partial charge in [-0.25, -0.2) is 9.97 Å². The van der Waals surface area contributed by atoms with Gasteiger partial charge in [0.05, 0.1) is 24.7 Å². The number of hydrogen-bond acceptors (Lipinski definition) is 5. The molecule has 0 spiro atoms. The van der Waals surface area contributed by atoms with Crippen LogP contribution < -0.4 is 10.1 Å². The van der Waals surface area contributed by atoms with Gasteiger partial charge in [0.15, 0.2) is 5.65 Å². The molecule has 0 saturated heterocycles. The minimum Gasteiger partial charge on any atom is -0.497 e. The summed E-state index contributed by atoms with van der Waals surface area (Å²) in [5.74, 6) is 2.34. The van der Waals surface area contributed by atoms with Crippen LogP contribution >= 0.6 is 0 Å². The van der Waals surface area contributed by atoms with Crippen LogP contribution in [-0.4, -0.2) is 27.3 Å². The van der Waals surface area contributed by atoms with Crippen molar-refractivity contribution in [2.45, 2.75) is 18.9 Å². The fourth-order valence-corrected chi connectivity index (χ4v) is 2.74. The molecule has 2 aromatic heterocycles. The Morgan fingerprint density at radius 2 is 2.05 bits per heavy atom. The van der Waals surface area contributed by atoms with E-state index < -0.39 is 0 Å². The number of ether oxygens (including phenoxy) is 1. The molecule has 0 radical (unpaired) electrons. The van der Waals surface area contributed by atoms with E-state index in [2.05, 4.69) is 37.6 Å². The molecular weight excluding hydrogens is 278 g/mol. The highest BCUT2D eigenvalue weighted by Crippen LogP contribution is 2.43. The molecule has 1 atom stereocenters. The summed E-state index contributed by atoms with van der Waals surface area (Å²) in [6.45, 7) is 0. The van der Waals surface area contributed by atoms with Crippen LogP contribution in [0.25, 0.3) is 11.0 Å². The molecule has 1 aromatic carbocycles. The van der Waals surface area contributed by atoms with E-state index in [0.29, 0.717) is 5.92 Å². The van der Waals surface area contributed by atoms with Crippen LogP contribution in [0.5, 0.6) is 5.75 Å². The fourth-order valence-electron chi connectivity index (χ4n) is 2.74. The summed E-state index contributed by atoms with van der Waals surface area (Å²) in [5, 5.41) is 11.4. The van der Waals surface area contributed by atoms with Gasteiger partial charge in [0.1, 0.15) is 17.9 Å². The van der Waals surface area contributed by atoms with Gasteiger partial charge in [0.25, 0.3) is 0 Å². The lowest BCUT2D eigenvalue weighted by molar-refractivity contribution is 0.414. The molecule has 3 aromatic rings. The Hall–Kier alpha value is -2.63. The molecule has 1 saturated carbocycles. The molecule has 1 fully saturated rings. The van der Waals surface area contributed by atoms with Gasteiger partial charge in [-0.2, -0.15) is 5.10 Å². The highest BCUT2D eigenvalue weighted by Gasteiger charge is 2.33. The third kappa shape index (κ3) is 2.36. The van der Waals surface area contributed by atoms with Crippen molar-refractivity contribution in [2.75, 3.05) is 12.4 Å². The van der Waals surface area contributed by atoms with Crippen molar-refractivity contribution < 1.29 is 4.74 Å². The number of H-pyrrole nitrogens is 1. The predicted molar refractivity (Wildman–Crippen MR) is 83.8 cm³/mol. The van der Waals surface area contributed by atoms with Gasteiger partial charge in [0, 0.05) is 0 Å². The van der Waals surface area contributed by atoms with Gasteiger partial charge < -0.3 is 10.1 Å². The van der Waals surface area contributed by atoms with Crippen molar-refractivity contribution in [1.29, 1.82) is 0 Å². The van der Waals surface area contributed by atoms with Gasteiger partial charge in [-0.05, 0) is 36.5 Å². The summed E-state index contributed by atoms with van der Waals surface area (Å²) in [5.41, 5.74) is 2.00. The standard InChI is InChI=1S/C16H17N5O/c1-22-12-6-4-11(5-7-12)14(10-2-3-10)20-15-13-8-19-21-16(13)18-9-17-15/h4-10,14H,2-3H2,1H3,(H2,17,18,19,20,21). The first-order valence-electron chi connectivity index (χ1n) is 7.40. The number of aromatic nitrogens is 4. The number of benzene rings is 1. The predicted octanol–water partition coefficient (Wildman–Crippen LogP) is 2.92. The van der Waals surface area contributed by atoms with E-state index in [1.54, 1.807) is 19.6 Å². The van der Waals surface area contributed by atoms with Crippen molar-refractivity contribution >= 4 is 16.9 Å². The lowest BCUT2D eigenvalue weighted by atomic mass is 10.0. The zero-order chi connectivity index (χ0) is 14.9. The summed E-state index contributed by atoms with van der Waals surface area (Å²) in [6, 6.07) is 8.48. The van der Waals surface area contributed by atoms with Gasteiger partial charge in [-0.15, -0.1) is 0 Å². The van der Waals surface area contributed by atoms with Crippen LogP contribution in [0.3, 0.4) is 0 Å². The van der Waals surface area contributed by atoms with Crippen molar-refractivity contribution in [3.63, 3.8) is 0 Å². The highest BCUT2D eigenvalue weighted by molar-refractivity contribution is 5.85. The summed E-state index contributed by atoms with van der Waals surface area (Å²) in [7, 11) is 1.68. The zero-order valence-electron chi connectivity index (χ0n) is 12.3. The number of fused-ring (bicyclic) bond motifs is 1. The second-order valence-corrected chi connectivity index (χ2v) is 5.59. The second kappa shape index (κ2) is 5.29. The molecule has 0 bridgehead atoms. The van der Waals surface area contributed by atoms with Crippen LogP contribution in [-0.2, 0) is 0 Å². The van der Waals surface area contributed by atoms with Crippen molar-refractivity contribution in [3.8, 4) is 5.75 Å². The number of aromatic amines is 1. The topological polar surface area (TPSA) is 75.7 Å². The summed E-state index contributed by atoms with van der Waals surface area (Å²) >= 11 is 0. The van der Waals surface area contributed by atoms with E-state index in [-0.39, 0.29) is 6.04 Å². The smallest absolute Gasteiger partial charge is 0.160 e. The summed E-state index contributed by atoms with van der Waals surface area (Å²) in [6.07, 6.45) is 5.79. The normalized spacial score (nSPS) is 15.7. The molecule has 0 amide bonds. The molecule has 22 heavy (non-hydrogen) atoms. The van der Waals surface area contributed by atoms with Crippen LogP contribution in [0.1, 0.15) is 24.4 Å². The van der Waals surface area contributed by atoms with E-state index in [0.717, 1.165) is 22.6 Å². The fraction of sp³-hybridized carbons (Fsp3) is 0.312. The van der Waals surface area contributed by atoms with Gasteiger partial charge in [-0.3, -0.25) is 5.10 Å². The third-order valence-corrected chi connectivity index (χ3v) is 4.11. The maximum absolute atomic E-state index is 5.24. The van der Waals surface area contributed by atoms with E-state index in [1.807, 2.05) is 12.1 Å². The first-order valence-corrected chi connectivity index (χ1v) is 7.40. The van der Waals surface area contributed by atoms with E-state index in [4.69, 9.17) is 4.74 Å². The van der Waals surface area contributed by atoms with Gasteiger partial charge in [-0.1, -0.05) is 12.1 Å². The minimum atomic E-state index is 0.249. The lowest BCUT2D eigenvalue weighted by Gasteiger charge is -2.20. The highest BCUT2D eigenvalue weighted by atomic mass is 16.5. The molecular formula is C16H17N5O. The Morgan fingerprint density at radius 3 is 2.77 bits per heavy atom. The first-order chi connectivity index (χ1) is 10.8. The van der Waals surface area contributed by atoms with E-state index in [9.17, 15) is 0 Å². The molecule has 6 heteroatoms. The number of nitrogens with zero attached hydrogens (tertiary/aromatic N) is 3. The summed E-state index contributed by atoms with van der Waals surface area (Å²) < 4.78 is 5.24. The van der Waals surface area contributed by atoms with Crippen molar-refractivity contribution in [1.82, 2.24) is 20.2 Å². The Kier molecular flexibility index (Phi) is 3.14. The first kappa shape index (κ1) is 13.1. The third-order valence-electron chi connectivity index (χ3n) is 4.11. The Bertz CT molecular complexity index is 779. The van der Waals surface area contributed by atoms with Crippen LogP contribution in [0.2, 0.25) is 0 Å². The van der Waals surface area contributed by atoms with Gasteiger partial charge in [0.2, 0.25) is 0 Å². The maximum Gasteiger partial charge on any atom is 0.160 e. The Labute approximate surface area is 127 Å². The molecule has 4 rings (SSSR count). The number of rotatable bonds is 5. The quantitative estimate of drug-likeness (QED) is 0.757. The molecule has 1 aliphatic carbocycles. The molecule has 2 N–H and O–H groups in total. The van der Waals surface area contributed by atoms with Crippen LogP contribution in [0.15, 0.2) is 36.8 Å². The number of anilines is 1. The Balaban J connectivity index is 1.66. The number of methoxy groups -OCH3 is 1.